The molecule has 0 aliphatic carbocycles. The second-order valence-corrected chi connectivity index (χ2v) is 9.78. The van der Waals surface area contributed by atoms with E-state index >= 15 is 0 Å². The molecule has 0 spiro atoms. The zero-order chi connectivity index (χ0) is 23.7. The Kier molecular flexibility index (Phi) is 4.76. The topological polar surface area (TPSA) is 58.2 Å². The van der Waals surface area contributed by atoms with Gasteiger partial charge in [0, 0.05) is 14.1 Å². The molecule has 0 saturated heterocycles. The van der Waals surface area contributed by atoms with E-state index in [0.29, 0.717) is 17.5 Å². The number of aromatic nitrogens is 3. The van der Waals surface area contributed by atoms with Crippen LogP contribution in [0, 0.1) is 13.8 Å². The van der Waals surface area contributed by atoms with Crippen LogP contribution >= 0.6 is 0 Å². The van der Waals surface area contributed by atoms with E-state index in [1.165, 1.54) is 4.57 Å². The molecule has 0 saturated carbocycles. The van der Waals surface area contributed by atoms with Gasteiger partial charge in [-0.2, -0.15) is 0 Å². The van der Waals surface area contributed by atoms with Gasteiger partial charge >= 0.3 is 5.69 Å². The highest BCUT2D eigenvalue weighted by atomic mass is 16.5. The Morgan fingerprint density at radius 2 is 1.64 bits per heavy atom. The fourth-order valence-electron chi connectivity index (χ4n) is 5.07. The Morgan fingerprint density at radius 1 is 0.939 bits per heavy atom. The Balaban J connectivity index is 2.01. The second kappa shape index (κ2) is 7.32. The number of ether oxygens (including phenoxy) is 1. The molecule has 33 heavy (non-hydrogen) atoms. The van der Waals surface area contributed by atoms with E-state index < -0.39 is 11.6 Å². The van der Waals surface area contributed by atoms with Crippen molar-refractivity contribution in [1.29, 1.82) is 0 Å². The number of hydrogen-bond acceptors (Lipinski definition) is 3. The van der Waals surface area contributed by atoms with Gasteiger partial charge in [0.2, 0.25) is 0 Å². The number of benzene rings is 2. The largest absolute Gasteiger partial charge is 0.365 e. The van der Waals surface area contributed by atoms with Crippen LogP contribution in [0.5, 0.6) is 0 Å². The van der Waals surface area contributed by atoms with E-state index in [0.717, 1.165) is 33.6 Å². The van der Waals surface area contributed by atoms with Crippen LogP contribution in [0.25, 0.3) is 22.2 Å². The van der Waals surface area contributed by atoms with Crippen molar-refractivity contribution in [1.82, 2.24) is 13.7 Å². The van der Waals surface area contributed by atoms with Crippen molar-refractivity contribution in [3.63, 3.8) is 0 Å². The minimum absolute atomic E-state index is 0.288. The third-order valence-corrected chi connectivity index (χ3v) is 6.74. The lowest BCUT2D eigenvalue weighted by Gasteiger charge is -2.39. The summed E-state index contributed by atoms with van der Waals surface area (Å²) in [5.74, 6) is 0. The van der Waals surface area contributed by atoms with E-state index in [2.05, 4.69) is 61.7 Å². The Hall–Kier alpha value is -3.38. The molecule has 6 heteroatoms. The predicted molar refractivity (Wildman–Crippen MR) is 131 cm³/mol. The highest BCUT2D eigenvalue weighted by Gasteiger charge is 2.40. The molecule has 2 aromatic heterocycles. The van der Waals surface area contributed by atoms with Crippen molar-refractivity contribution < 1.29 is 4.74 Å². The minimum Gasteiger partial charge on any atom is -0.365 e. The molecule has 0 radical (unpaired) electrons. The molecular formula is C27H29N3O3. The normalized spacial score (nSPS) is 17.3. The summed E-state index contributed by atoms with van der Waals surface area (Å²) in [6.07, 6.45) is -0.391. The van der Waals surface area contributed by atoms with Gasteiger partial charge in [0.25, 0.3) is 5.56 Å². The first-order chi connectivity index (χ1) is 15.6. The fourth-order valence-corrected chi connectivity index (χ4v) is 5.07. The Morgan fingerprint density at radius 3 is 2.30 bits per heavy atom. The Bertz CT molecular complexity index is 1520. The summed E-state index contributed by atoms with van der Waals surface area (Å²) in [6, 6.07) is 16.4. The molecule has 0 N–H and O–H groups in total. The summed E-state index contributed by atoms with van der Waals surface area (Å²) in [4.78, 5) is 26.6. The van der Waals surface area contributed by atoms with Gasteiger partial charge < -0.3 is 9.30 Å². The molecule has 2 aromatic carbocycles. The third kappa shape index (κ3) is 3.12. The summed E-state index contributed by atoms with van der Waals surface area (Å²) < 4.78 is 11.5. The van der Waals surface area contributed by atoms with Gasteiger partial charge in [0.05, 0.1) is 34.4 Å². The molecule has 1 aliphatic heterocycles. The van der Waals surface area contributed by atoms with E-state index in [-0.39, 0.29) is 11.2 Å². The van der Waals surface area contributed by atoms with Gasteiger partial charge in [-0.3, -0.25) is 13.9 Å². The molecule has 1 aliphatic rings. The van der Waals surface area contributed by atoms with Gasteiger partial charge in [-0.05, 0) is 38.8 Å². The molecule has 4 aromatic rings. The van der Waals surface area contributed by atoms with Crippen LogP contribution in [0.1, 0.15) is 42.3 Å². The Labute approximate surface area is 192 Å². The third-order valence-electron chi connectivity index (χ3n) is 6.74. The van der Waals surface area contributed by atoms with Crippen LogP contribution in [0.2, 0.25) is 0 Å². The summed E-state index contributed by atoms with van der Waals surface area (Å²) in [6.45, 7) is 8.80. The number of nitrogens with zero attached hydrogens (tertiary/aromatic N) is 3. The quantitative estimate of drug-likeness (QED) is 0.467. The van der Waals surface area contributed by atoms with Crippen LogP contribution in [-0.2, 0) is 24.4 Å². The standard InChI is InChI=1S/C27H29N3O3/c1-16-10-12-18(13-11-16)21-20-22(28(5)26(32)29(6)25(20)31)23-24(19-9-7-8-17(2)14-19)33-15-27(3,4)30(21)23/h7-14,24H,15H2,1-6H3. The second-order valence-electron chi connectivity index (χ2n) is 9.78. The number of fused-ring (bicyclic) bond motifs is 3. The summed E-state index contributed by atoms with van der Waals surface area (Å²) in [5.41, 5.74) is 5.50. The predicted octanol–water partition coefficient (Wildman–Crippen LogP) is 4.18. The molecule has 0 fully saturated rings. The van der Waals surface area contributed by atoms with E-state index in [1.807, 2.05) is 19.1 Å². The first kappa shape index (κ1) is 21.5. The van der Waals surface area contributed by atoms with Crippen LogP contribution in [0.15, 0.2) is 58.1 Å². The number of hydrogen-bond donors (Lipinski definition) is 0. The zero-order valence-corrected chi connectivity index (χ0v) is 20.0. The van der Waals surface area contributed by atoms with Gasteiger partial charge in [0.1, 0.15) is 6.10 Å². The maximum absolute atomic E-state index is 13.6. The van der Waals surface area contributed by atoms with Crippen LogP contribution < -0.4 is 11.2 Å². The molecule has 1 unspecified atom stereocenters. The van der Waals surface area contributed by atoms with Gasteiger partial charge in [0.15, 0.2) is 0 Å². The average molecular weight is 444 g/mol. The van der Waals surface area contributed by atoms with Gasteiger partial charge in [-0.1, -0.05) is 59.7 Å². The van der Waals surface area contributed by atoms with Crippen molar-refractivity contribution in [2.24, 2.45) is 14.1 Å². The summed E-state index contributed by atoms with van der Waals surface area (Å²) >= 11 is 0. The number of rotatable bonds is 2. The summed E-state index contributed by atoms with van der Waals surface area (Å²) in [7, 11) is 3.28. The molecule has 5 rings (SSSR count). The van der Waals surface area contributed by atoms with Crippen molar-refractivity contribution in [2.45, 2.75) is 39.3 Å². The number of aryl methyl sites for hydroxylation is 3. The molecule has 0 bridgehead atoms. The van der Waals surface area contributed by atoms with Crippen LogP contribution in [0.4, 0.5) is 0 Å². The zero-order valence-electron chi connectivity index (χ0n) is 20.0. The lowest BCUT2D eigenvalue weighted by atomic mass is 9.97. The molecule has 1 atom stereocenters. The highest BCUT2D eigenvalue weighted by Crippen LogP contribution is 2.45. The van der Waals surface area contributed by atoms with E-state index in [1.54, 1.807) is 18.7 Å². The first-order valence-corrected chi connectivity index (χ1v) is 11.2. The average Bonchev–Trinajstić information content (AvgIpc) is 3.14. The van der Waals surface area contributed by atoms with Crippen molar-refractivity contribution in [3.05, 3.63) is 91.8 Å². The van der Waals surface area contributed by atoms with Crippen molar-refractivity contribution >= 4 is 10.9 Å². The molecule has 0 amide bonds. The minimum atomic E-state index is -0.421. The molecular weight excluding hydrogens is 414 g/mol. The molecule has 6 nitrogen and oxygen atoms in total. The van der Waals surface area contributed by atoms with Crippen molar-refractivity contribution in [3.8, 4) is 11.3 Å². The maximum Gasteiger partial charge on any atom is 0.331 e. The van der Waals surface area contributed by atoms with E-state index in [4.69, 9.17) is 4.74 Å². The first-order valence-electron chi connectivity index (χ1n) is 11.2. The van der Waals surface area contributed by atoms with Gasteiger partial charge in [-0.15, -0.1) is 0 Å². The lowest BCUT2D eigenvalue weighted by Crippen LogP contribution is -2.40. The van der Waals surface area contributed by atoms with E-state index in [9.17, 15) is 9.59 Å². The van der Waals surface area contributed by atoms with Gasteiger partial charge in [-0.25, -0.2) is 4.79 Å². The monoisotopic (exact) mass is 443 g/mol. The van der Waals surface area contributed by atoms with Crippen LogP contribution in [-0.4, -0.2) is 20.3 Å². The fraction of sp³-hybridized carbons (Fsp3) is 0.333. The summed E-state index contributed by atoms with van der Waals surface area (Å²) in [5, 5.41) is 0.551. The highest BCUT2D eigenvalue weighted by molar-refractivity contribution is 5.96. The lowest BCUT2D eigenvalue weighted by molar-refractivity contribution is -0.00709. The molecule has 3 heterocycles. The molecule has 170 valence electrons. The smallest absolute Gasteiger partial charge is 0.331 e. The van der Waals surface area contributed by atoms with Crippen LogP contribution in [0.3, 0.4) is 0 Å². The SMILES string of the molecule is Cc1ccc(-c2c3c(=O)n(C)c(=O)n(C)c3c3n2C(C)(C)COC3c2cccc(C)c2)cc1. The maximum atomic E-state index is 13.6. The van der Waals surface area contributed by atoms with Crippen molar-refractivity contribution in [2.75, 3.05) is 6.61 Å².